The summed E-state index contributed by atoms with van der Waals surface area (Å²) in [6.07, 6.45) is 1.10. The van der Waals surface area contributed by atoms with Crippen LogP contribution in [0.2, 0.25) is 0 Å². The fraction of sp³-hybridized carbons (Fsp3) is 0.0303. The highest BCUT2D eigenvalue weighted by molar-refractivity contribution is 6.32. The third-order valence-electron chi connectivity index (χ3n) is 7.10. The van der Waals surface area contributed by atoms with E-state index in [1.165, 1.54) is 65.3 Å². The molecule has 0 amide bonds. The number of fused-ring (bicyclic) bond motifs is 5. The van der Waals surface area contributed by atoms with Gasteiger partial charge >= 0.3 is 0 Å². The van der Waals surface area contributed by atoms with Crippen molar-refractivity contribution in [2.24, 2.45) is 0 Å². The van der Waals surface area contributed by atoms with Gasteiger partial charge in [-0.25, -0.2) is 0 Å². The van der Waals surface area contributed by atoms with Gasteiger partial charge in [0, 0.05) is 0 Å². The molecular formula is C33H22. The number of benzene rings is 7. The summed E-state index contributed by atoms with van der Waals surface area (Å²) in [5.74, 6) is 0. The van der Waals surface area contributed by atoms with Crippen molar-refractivity contribution >= 4 is 43.1 Å². The molecule has 0 bridgehead atoms. The zero-order valence-corrected chi connectivity index (χ0v) is 18.3. The Morgan fingerprint density at radius 1 is 0.333 bits per heavy atom. The molecule has 1 aliphatic rings. The summed E-state index contributed by atoms with van der Waals surface area (Å²) < 4.78 is 0. The number of hydrogen-bond acceptors (Lipinski definition) is 0. The third-order valence-corrected chi connectivity index (χ3v) is 7.10. The van der Waals surface area contributed by atoms with Crippen LogP contribution in [0.5, 0.6) is 0 Å². The highest BCUT2D eigenvalue weighted by Crippen LogP contribution is 2.39. The first kappa shape index (κ1) is 18.4. The van der Waals surface area contributed by atoms with E-state index in [1.54, 1.807) is 0 Å². The molecule has 1 aliphatic carbocycles. The van der Waals surface area contributed by atoms with E-state index in [2.05, 4.69) is 121 Å². The van der Waals surface area contributed by atoms with Gasteiger partial charge in [0.2, 0.25) is 0 Å². The maximum absolute atomic E-state index is 2.25. The monoisotopic (exact) mass is 418 g/mol. The van der Waals surface area contributed by atoms with Gasteiger partial charge in [0.15, 0.2) is 0 Å². The van der Waals surface area contributed by atoms with E-state index in [0.29, 0.717) is 0 Å². The second kappa shape index (κ2) is 7.18. The molecule has 0 nitrogen and oxygen atoms in total. The lowest BCUT2D eigenvalue weighted by molar-refractivity contribution is 1.26. The number of hydrogen-bond donors (Lipinski definition) is 0. The first-order valence-electron chi connectivity index (χ1n) is 11.6. The third kappa shape index (κ3) is 2.78. The van der Waals surface area contributed by atoms with Crippen LogP contribution in [-0.2, 0) is 6.42 Å². The predicted molar refractivity (Wildman–Crippen MR) is 142 cm³/mol. The van der Waals surface area contributed by atoms with Crippen LogP contribution in [0.25, 0.3) is 54.2 Å². The van der Waals surface area contributed by atoms with Gasteiger partial charge in [0.1, 0.15) is 0 Å². The average molecular weight is 419 g/mol. The molecule has 154 valence electrons. The molecule has 0 heterocycles. The Kier molecular flexibility index (Phi) is 4.01. The summed E-state index contributed by atoms with van der Waals surface area (Å²) in [4.78, 5) is 0. The van der Waals surface area contributed by atoms with Crippen molar-refractivity contribution in [3.05, 3.63) is 132 Å². The molecule has 0 saturated heterocycles. The molecule has 7 aromatic rings. The quantitative estimate of drug-likeness (QED) is 0.170. The van der Waals surface area contributed by atoms with E-state index in [9.17, 15) is 0 Å². The maximum Gasteiger partial charge on any atom is -0.00135 e. The van der Waals surface area contributed by atoms with Crippen molar-refractivity contribution in [1.29, 1.82) is 0 Å². The van der Waals surface area contributed by atoms with Crippen LogP contribution >= 0.6 is 0 Å². The zero-order valence-electron chi connectivity index (χ0n) is 18.3. The molecule has 0 radical (unpaired) electrons. The van der Waals surface area contributed by atoms with E-state index in [1.807, 2.05) is 0 Å². The first-order chi connectivity index (χ1) is 16.4. The van der Waals surface area contributed by atoms with Gasteiger partial charge in [0.25, 0.3) is 0 Å². The topological polar surface area (TPSA) is 0 Å². The van der Waals surface area contributed by atoms with Gasteiger partial charge in [-0.15, -0.1) is 0 Å². The molecule has 0 spiro atoms. The van der Waals surface area contributed by atoms with E-state index >= 15 is 0 Å². The zero-order chi connectivity index (χ0) is 21.8. The van der Waals surface area contributed by atoms with Gasteiger partial charge in [0.05, 0.1) is 0 Å². The minimum absolute atomic E-state index is 1.10. The minimum atomic E-state index is 1.10. The highest BCUT2D eigenvalue weighted by atomic mass is 14.2. The Morgan fingerprint density at radius 2 is 0.697 bits per heavy atom. The molecule has 7 aromatic carbocycles. The first-order valence-corrected chi connectivity index (χ1v) is 11.6. The lowest BCUT2D eigenvalue weighted by atomic mass is 9.90. The van der Waals surface area contributed by atoms with Crippen LogP contribution in [0.1, 0.15) is 11.1 Å². The molecule has 0 N–H and O–H groups in total. The summed E-state index contributed by atoms with van der Waals surface area (Å²) in [6.45, 7) is 0. The Bertz CT molecular complexity index is 1570. The normalized spacial score (nSPS) is 12.1. The van der Waals surface area contributed by atoms with Crippen molar-refractivity contribution in [1.82, 2.24) is 0 Å². The van der Waals surface area contributed by atoms with Crippen LogP contribution < -0.4 is 0 Å². The molecule has 0 heteroatoms. The van der Waals surface area contributed by atoms with Gasteiger partial charge in [-0.05, 0) is 71.8 Å². The smallest absolute Gasteiger partial charge is 0.00135 e. The molecule has 0 aliphatic heterocycles. The fourth-order valence-corrected chi connectivity index (χ4v) is 5.66. The van der Waals surface area contributed by atoms with E-state index < -0.39 is 0 Å². The Hall–Kier alpha value is -4.16. The largest absolute Gasteiger partial charge is 0.0619 e. The maximum atomic E-state index is 2.25. The predicted octanol–water partition coefficient (Wildman–Crippen LogP) is 8.99. The van der Waals surface area contributed by atoms with Crippen molar-refractivity contribution < 1.29 is 0 Å². The summed E-state index contributed by atoms with van der Waals surface area (Å²) in [7, 11) is 0. The Balaban J connectivity index is 0.000000127. The molecule has 0 atom stereocenters. The van der Waals surface area contributed by atoms with Crippen molar-refractivity contribution in [3.8, 4) is 11.1 Å². The van der Waals surface area contributed by atoms with Crippen LogP contribution in [0, 0.1) is 0 Å². The SMILES string of the molecule is c1cc2cccc3c4cccc5cccc(c(c1)c23)c54.c1ccc2c(c1)Cc1ccccc1-2. The highest BCUT2D eigenvalue weighted by Gasteiger charge is 2.16. The standard InChI is InChI=1S/C20H12.C13H10/c1-5-13-6-2-11-17-18-12-4-8-14-7-3-10-16(20(14)18)15(9-1)19(13)17;1-3-7-12-10(5-1)9-11-6-2-4-8-13(11)12/h1-12H;1-8H,9H2. The molecule has 33 heavy (non-hydrogen) atoms. The second-order valence-electron chi connectivity index (χ2n) is 8.91. The van der Waals surface area contributed by atoms with Gasteiger partial charge in [-0.1, -0.05) is 121 Å². The van der Waals surface area contributed by atoms with Crippen molar-refractivity contribution in [2.45, 2.75) is 6.42 Å². The molecule has 8 rings (SSSR count). The molecule has 0 saturated carbocycles. The van der Waals surface area contributed by atoms with Crippen molar-refractivity contribution in [2.75, 3.05) is 0 Å². The summed E-state index contributed by atoms with van der Waals surface area (Å²) in [6, 6.07) is 43.8. The van der Waals surface area contributed by atoms with Crippen molar-refractivity contribution in [3.63, 3.8) is 0 Å². The lowest BCUT2D eigenvalue weighted by Gasteiger charge is -2.13. The second-order valence-corrected chi connectivity index (χ2v) is 8.91. The lowest BCUT2D eigenvalue weighted by Crippen LogP contribution is -1.85. The summed E-state index contributed by atoms with van der Waals surface area (Å²) >= 11 is 0. The van der Waals surface area contributed by atoms with Gasteiger partial charge < -0.3 is 0 Å². The van der Waals surface area contributed by atoms with E-state index in [-0.39, 0.29) is 0 Å². The van der Waals surface area contributed by atoms with Crippen LogP contribution in [0.4, 0.5) is 0 Å². The summed E-state index contributed by atoms with van der Waals surface area (Å²) in [5.41, 5.74) is 5.75. The Labute approximate surface area is 193 Å². The fourth-order valence-electron chi connectivity index (χ4n) is 5.66. The average Bonchev–Trinajstić information content (AvgIpc) is 3.26. The minimum Gasteiger partial charge on any atom is -0.0619 e. The van der Waals surface area contributed by atoms with Crippen LogP contribution in [0.15, 0.2) is 121 Å². The number of rotatable bonds is 0. The van der Waals surface area contributed by atoms with Crippen LogP contribution in [-0.4, -0.2) is 0 Å². The van der Waals surface area contributed by atoms with E-state index in [0.717, 1.165) is 6.42 Å². The molecule has 0 fully saturated rings. The van der Waals surface area contributed by atoms with Crippen LogP contribution in [0.3, 0.4) is 0 Å². The van der Waals surface area contributed by atoms with Gasteiger partial charge in [-0.3, -0.25) is 0 Å². The van der Waals surface area contributed by atoms with Gasteiger partial charge in [-0.2, -0.15) is 0 Å². The molecule has 0 unspecified atom stereocenters. The molecule has 0 aromatic heterocycles. The molecular weight excluding hydrogens is 396 g/mol. The summed E-state index contributed by atoms with van der Waals surface area (Å²) in [5, 5.41) is 10.9. The Morgan fingerprint density at radius 3 is 1.09 bits per heavy atom. The van der Waals surface area contributed by atoms with E-state index in [4.69, 9.17) is 0 Å².